The third kappa shape index (κ3) is 4.03. The molecule has 0 amide bonds. The van der Waals surface area contributed by atoms with Crippen LogP contribution in [0.5, 0.6) is 0 Å². The fourth-order valence-corrected chi connectivity index (χ4v) is 1.69. The molecule has 0 aliphatic heterocycles. The molecule has 0 aliphatic rings. The van der Waals surface area contributed by atoms with Crippen LogP contribution in [-0.2, 0) is 4.79 Å². The summed E-state index contributed by atoms with van der Waals surface area (Å²) in [6, 6.07) is 7.91. The predicted molar refractivity (Wildman–Crippen MR) is 64.5 cm³/mol. The highest BCUT2D eigenvalue weighted by Crippen LogP contribution is 2.17. The minimum absolute atomic E-state index is 0.0858. The molecule has 0 heterocycles. The van der Waals surface area contributed by atoms with Crippen molar-refractivity contribution in [3.05, 3.63) is 35.4 Å². The maximum absolute atomic E-state index is 10.8. The Morgan fingerprint density at radius 3 is 2.81 bits per heavy atom. The van der Waals surface area contributed by atoms with Crippen LogP contribution in [0, 0.1) is 6.92 Å². The van der Waals surface area contributed by atoms with E-state index in [1.807, 2.05) is 31.2 Å². The number of carboxylic acids is 1. The van der Waals surface area contributed by atoms with Gasteiger partial charge in [-0.25, -0.2) is 0 Å². The van der Waals surface area contributed by atoms with Gasteiger partial charge in [0.2, 0.25) is 0 Å². The molecule has 3 nitrogen and oxygen atoms in total. The van der Waals surface area contributed by atoms with E-state index in [4.69, 9.17) is 5.11 Å². The third-order valence-corrected chi connectivity index (χ3v) is 2.46. The van der Waals surface area contributed by atoms with Crippen molar-refractivity contribution < 1.29 is 9.90 Å². The number of benzene rings is 1. The Morgan fingerprint density at radius 1 is 1.50 bits per heavy atom. The molecule has 1 atom stereocenters. The van der Waals surface area contributed by atoms with Gasteiger partial charge in [0.05, 0.1) is 6.42 Å². The minimum atomic E-state index is -0.768. The topological polar surface area (TPSA) is 49.3 Å². The second-order valence-corrected chi connectivity index (χ2v) is 4.02. The summed E-state index contributed by atoms with van der Waals surface area (Å²) >= 11 is 0. The Morgan fingerprint density at radius 2 is 2.25 bits per heavy atom. The molecule has 1 unspecified atom stereocenters. The molecule has 0 spiro atoms. The molecular weight excluding hydrogens is 202 g/mol. The van der Waals surface area contributed by atoms with Gasteiger partial charge in [-0.15, -0.1) is 0 Å². The van der Waals surface area contributed by atoms with Crippen LogP contribution in [0.3, 0.4) is 0 Å². The zero-order valence-electron chi connectivity index (χ0n) is 9.86. The molecule has 16 heavy (non-hydrogen) atoms. The molecule has 2 N–H and O–H groups in total. The van der Waals surface area contributed by atoms with Crippen LogP contribution in [0.2, 0.25) is 0 Å². The van der Waals surface area contributed by atoms with Gasteiger partial charge in [0.1, 0.15) is 0 Å². The standard InChI is InChI=1S/C13H19NO2/c1-3-7-14-12(9-13(15)16)11-6-4-5-10(2)8-11/h4-6,8,12,14H,3,7,9H2,1-2H3,(H,15,16). The number of rotatable bonds is 6. The highest BCUT2D eigenvalue weighted by molar-refractivity contribution is 5.68. The first kappa shape index (κ1) is 12.7. The second kappa shape index (κ2) is 6.28. The van der Waals surface area contributed by atoms with Crippen LogP contribution in [0.25, 0.3) is 0 Å². The first-order valence-corrected chi connectivity index (χ1v) is 5.65. The van der Waals surface area contributed by atoms with Crippen molar-refractivity contribution in [1.29, 1.82) is 0 Å². The third-order valence-electron chi connectivity index (χ3n) is 2.46. The fraction of sp³-hybridized carbons (Fsp3) is 0.462. The number of aryl methyl sites for hydroxylation is 1. The van der Waals surface area contributed by atoms with E-state index in [0.29, 0.717) is 0 Å². The quantitative estimate of drug-likeness (QED) is 0.776. The molecule has 0 radical (unpaired) electrons. The molecule has 88 valence electrons. The van der Waals surface area contributed by atoms with Crippen LogP contribution in [0.15, 0.2) is 24.3 Å². The number of aliphatic carboxylic acids is 1. The monoisotopic (exact) mass is 221 g/mol. The van der Waals surface area contributed by atoms with Gasteiger partial charge < -0.3 is 10.4 Å². The molecule has 3 heteroatoms. The molecule has 0 fully saturated rings. The Kier molecular flexibility index (Phi) is 4.99. The number of carboxylic acid groups (broad SMARTS) is 1. The Labute approximate surface area is 96.5 Å². The van der Waals surface area contributed by atoms with E-state index in [9.17, 15) is 4.79 Å². The van der Waals surface area contributed by atoms with Crippen molar-refractivity contribution in [1.82, 2.24) is 5.32 Å². The SMILES string of the molecule is CCCNC(CC(=O)O)c1cccc(C)c1. The molecular formula is C13H19NO2. The van der Waals surface area contributed by atoms with E-state index >= 15 is 0 Å². The largest absolute Gasteiger partial charge is 0.481 e. The summed E-state index contributed by atoms with van der Waals surface area (Å²) in [6.45, 7) is 4.92. The molecule has 0 aliphatic carbocycles. The number of nitrogens with one attached hydrogen (secondary N) is 1. The van der Waals surface area contributed by atoms with E-state index in [0.717, 1.165) is 24.1 Å². The average molecular weight is 221 g/mol. The summed E-state index contributed by atoms with van der Waals surface area (Å²) in [5.41, 5.74) is 2.21. The van der Waals surface area contributed by atoms with E-state index in [1.165, 1.54) is 0 Å². The maximum atomic E-state index is 10.8. The average Bonchev–Trinajstić information content (AvgIpc) is 2.23. The smallest absolute Gasteiger partial charge is 0.305 e. The van der Waals surface area contributed by atoms with Gasteiger partial charge in [-0.1, -0.05) is 36.8 Å². The summed E-state index contributed by atoms with van der Waals surface area (Å²) in [7, 11) is 0. The minimum Gasteiger partial charge on any atom is -0.481 e. The van der Waals surface area contributed by atoms with Crippen molar-refractivity contribution in [2.45, 2.75) is 32.7 Å². The van der Waals surface area contributed by atoms with Crippen molar-refractivity contribution in [3.63, 3.8) is 0 Å². The van der Waals surface area contributed by atoms with Gasteiger partial charge in [-0.3, -0.25) is 4.79 Å². The zero-order chi connectivity index (χ0) is 12.0. The van der Waals surface area contributed by atoms with Crippen molar-refractivity contribution >= 4 is 5.97 Å². The van der Waals surface area contributed by atoms with Crippen LogP contribution in [0.4, 0.5) is 0 Å². The highest BCUT2D eigenvalue weighted by atomic mass is 16.4. The molecule has 1 aromatic carbocycles. The summed E-state index contributed by atoms with van der Waals surface area (Å²) in [5, 5.41) is 12.1. The van der Waals surface area contributed by atoms with E-state index in [2.05, 4.69) is 12.2 Å². The van der Waals surface area contributed by atoms with Crippen molar-refractivity contribution in [2.24, 2.45) is 0 Å². The Bertz CT molecular complexity index is 350. The lowest BCUT2D eigenvalue weighted by molar-refractivity contribution is -0.137. The van der Waals surface area contributed by atoms with Gasteiger partial charge in [0, 0.05) is 6.04 Å². The Hall–Kier alpha value is -1.35. The summed E-state index contributed by atoms with van der Waals surface area (Å²) in [4.78, 5) is 10.8. The lowest BCUT2D eigenvalue weighted by atomic mass is 10.0. The Balaban J connectivity index is 2.78. The van der Waals surface area contributed by atoms with Crippen LogP contribution < -0.4 is 5.32 Å². The van der Waals surface area contributed by atoms with Crippen LogP contribution in [0.1, 0.15) is 36.9 Å². The second-order valence-electron chi connectivity index (χ2n) is 4.02. The first-order valence-electron chi connectivity index (χ1n) is 5.65. The highest BCUT2D eigenvalue weighted by Gasteiger charge is 2.14. The lowest BCUT2D eigenvalue weighted by Crippen LogP contribution is -2.24. The number of carbonyl (C=O) groups is 1. The number of hydrogen-bond acceptors (Lipinski definition) is 2. The van der Waals surface area contributed by atoms with Crippen LogP contribution >= 0.6 is 0 Å². The van der Waals surface area contributed by atoms with Gasteiger partial charge in [0.15, 0.2) is 0 Å². The molecule has 1 aromatic rings. The van der Waals surface area contributed by atoms with Gasteiger partial charge in [-0.2, -0.15) is 0 Å². The maximum Gasteiger partial charge on any atom is 0.305 e. The zero-order valence-corrected chi connectivity index (χ0v) is 9.86. The van der Waals surface area contributed by atoms with Gasteiger partial charge in [0.25, 0.3) is 0 Å². The van der Waals surface area contributed by atoms with Crippen LogP contribution in [-0.4, -0.2) is 17.6 Å². The summed E-state index contributed by atoms with van der Waals surface area (Å²) in [5.74, 6) is -0.768. The molecule has 1 rings (SSSR count). The molecule has 0 aromatic heterocycles. The molecule has 0 bridgehead atoms. The normalized spacial score (nSPS) is 12.4. The van der Waals surface area contributed by atoms with E-state index < -0.39 is 5.97 Å². The van der Waals surface area contributed by atoms with E-state index in [-0.39, 0.29) is 12.5 Å². The fourth-order valence-electron chi connectivity index (χ4n) is 1.69. The lowest BCUT2D eigenvalue weighted by Gasteiger charge is -2.17. The van der Waals surface area contributed by atoms with Crippen molar-refractivity contribution in [2.75, 3.05) is 6.54 Å². The number of hydrogen-bond donors (Lipinski definition) is 2. The van der Waals surface area contributed by atoms with Gasteiger partial charge >= 0.3 is 5.97 Å². The summed E-state index contributed by atoms with van der Waals surface area (Å²) in [6.07, 6.45) is 1.13. The van der Waals surface area contributed by atoms with E-state index in [1.54, 1.807) is 0 Å². The van der Waals surface area contributed by atoms with Crippen molar-refractivity contribution in [3.8, 4) is 0 Å². The molecule has 0 saturated heterocycles. The summed E-state index contributed by atoms with van der Waals surface area (Å²) < 4.78 is 0. The predicted octanol–water partition coefficient (Wildman–Crippen LogP) is 2.51. The molecule has 0 saturated carbocycles. The van der Waals surface area contributed by atoms with Gasteiger partial charge in [-0.05, 0) is 25.5 Å². The first-order chi connectivity index (χ1) is 7.63.